The van der Waals surface area contributed by atoms with Crippen LogP contribution in [0.5, 0.6) is 0 Å². The van der Waals surface area contributed by atoms with Gasteiger partial charge in [-0.25, -0.2) is 0 Å². The van der Waals surface area contributed by atoms with Crippen molar-refractivity contribution >= 4 is 23.6 Å². The Hall–Kier alpha value is -2.60. The SMILES string of the molecule is CO[C@@H]1C[C@@H](CO)N(C(=O)CCCCCNC(=O)[C@H](CCCCNC(=O)CCCCOC2OC(CO)C(O)C(O)C2C)NC(=O)CCCCOC2OC(CO)C(O)C(O)C2C)C1. The van der Waals surface area contributed by atoms with E-state index in [2.05, 4.69) is 16.0 Å². The Kier molecular flexibility index (Phi) is 25.2. The highest BCUT2D eigenvalue weighted by Gasteiger charge is 2.43. The number of hydrogen-bond donors (Lipinski definition) is 10. The van der Waals surface area contributed by atoms with Crippen molar-refractivity contribution in [3.63, 3.8) is 0 Å². The number of aliphatic hydroxyl groups excluding tert-OH is 7. The van der Waals surface area contributed by atoms with Crippen LogP contribution in [0.15, 0.2) is 0 Å². The second kappa shape index (κ2) is 29.0. The average molecular weight is 893 g/mol. The molecule has 13 atom stereocenters. The number of ether oxygens (including phenoxy) is 5. The number of rotatable bonds is 29. The summed E-state index contributed by atoms with van der Waals surface area (Å²) >= 11 is 0. The van der Waals surface area contributed by atoms with Gasteiger partial charge in [-0.15, -0.1) is 0 Å². The maximum Gasteiger partial charge on any atom is 0.242 e. The molecule has 10 N–H and O–H groups in total. The van der Waals surface area contributed by atoms with E-state index in [1.807, 2.05) is 0 Å². The van der Waals surface area contributed by atoms with Gasteiger partial charge >= 0.3 is 0 Å². The molecule has 0 aromatic heterocycles. The molecule has 3 saturated heterocycles. The Morgan fingerprint density at radius 2 is 1.19 bits per heavy atom. The van der Waals surface area contributed by atoms with Gasteiger partial charge in [-0.2, -0.15) is 0 Å². The van der Waals surface area contributed by atoms with Gasteiger partial charge in [-0.3, -0.25) is 19.2 Å². The molecule has 0 spiro atoms. The monoisotopic (exact) mass is 893 g/mol. The molecule has 360 valence electrons. The lowest BCUT2D eigenvalue weighted by molar-refractivity contribution is -0.282. The van der Waals surface area contributed by atoms with Gasteiger partial charge in [0.15, 0.2) is 12.6 Å². The van der Waals surface area contributed by atoms with Gasteiger partial charge in [0.2, 0.25) is 23.6 Å². The first-order valence-electron chi connectivity index (χ1n) is 22.5. The molecule has 0 bridgehead atoms. The predicted molar refractivity (Wildman–Crippen MR) is 222 cm³/mol. The highest BCUT2D eigenvalue weighted by molar-refractivity contribution is 5.87. The number of unbranched alkanes of at least 4 members (excludes halogenated alkanes) is 5. The lowest BCUT2D eigenvalue weighted by Gasteiger charge is -2.40. The van der Waals surface area contributed by atoms with Crippen molar-refractivity contribution in [2.45, 2.75) is 171 Å². The number of methoxy groups -OCH3 is 1. The quantitative estimate of drug-likeness (QED) is 0.0385. The van der Waals surface area contributed by atoms with Crippen LogP contribution >= 0.6 is 0 Å². The van der Waals surface area contributed by atoms with Crippen LogP contribution in [0.25, 0.3) is 0 Å². The highest BCUT2D eigenvalue weighted by Crippen LogP contribution is 2.28. The third-order valence-corrected chi connectivity index (χ3v) is 12.0. The fraction of sp³-hybridized carbons (Fsp3) is 0.905. The van der Waals surface area contributed by atoms with Gasteiger partial charge in [0.05, 0.1) is 44.2 Å². The molecule has 4 amide bonds. The van der Waals surface area contributed by atoms with E-state index in [1.54, 1.807) is 25.9 Å². The van der Waals surface area contributed by atoms with Crippen molar-refractivity contribution in [3.8, 4) is 0 Å². The van der Waals surface area contributed by atoms with Crippen LogP contribution in [0, 0.1) is 11.8 Å². The summed E-state index contributed by atoms with van der Waals surface area (Å²) < 4.78 is 28.0. The van der Waals surface area contributed by atoms with Gasteiger partial charge < -0.3 is 80.3 Å². The second-order valence-electron chi connectivity index (χ2n) is 16.8. The van der Waals surface area contributed by atoms with Crippen molar-refractivity contribution in [2.24, 2.45) is 11.8 Å². The van der Waals surface area contributed by atoms with Crippen LogP contribution < -0.4 is 16.0 Å². The average Bonchev–Trinajstić information content (AvgIpc) is 3.70. The van der Waals surface area contributed by atoms with Crippen molar-refractivity contribution in [2.75, 3.05) is 59.8 Å². The Morgan fingerprint density at radius 3 is 1.74 bits per heavy atom. The van der Waals surface area contributed by atoms with Crippen LogP contribution in [-0.2, 0) is 42.9 Å². The molecule has 0 radical (unpaired) electrons. The van der Waals surface area contributed by atoms with Crippen LogP contribution in [0.1, 0.15) is 104 Å². The Bertz CT molecular complexity index is 1310. The maximum atomic E-state index is 13.3. The summed E-state index contributed by atoms with van der Waals surface area (Å²) in [6.07, 6.45) is -1.49. The van der Waals surface area contributed by atoms with E-state index in [0.29, 0.717) is 96.7 Å². The number of hydrogen-bond acceptors (Lipinski definition) is 16. The van der Waals surface area contributed by atoms with Gasteiger partial charge in [0.25, 0.3) is 0 Å². The molecule has 20 nitrogen and oxygen atoms in total. The van der Waals surface area contributed by atoms with Gasteiger partial charge in [-0.05, 0) is 64.2 Å². The molecule has 3 heterocycles. The fourth-order valence-electron chi connectivity index (χ4n) is 7.90. The van der Waals surface area contributed by atoms with Crippen molar-refractivity contribution in [1.82, 2.24) is 20.9 Å². The topological polar surface area (TPSA) is 295 Å². The lowest BCUT2D eigenvalue weighted by Crippen LogP contribution is -2.55. The number of carbonyl (C=O) groups excluding carboxylic acids is 4. The molecular weight excluding hydrogens is 816 g/mol. The molecule has 20 heteroatoms. The number of nitrogens with one attached hydrogen (secondary N) is 3. The van der Waals surface area contributed by atoms with Crippen molar-refractivity contribution in [1.29, 1.82) is 0 Å². The van der Waals surface area contributed by atoms with Crippen LogP contribution in [0.3, 0.4) is 0 Å². The molecule has 3 fully saturated rings. The summed E-state index contributed by atoms with van der Waals surface area (Å²) in [7, 11) is 1.59. The number of nitrogens with zero attached hydrogens (tertiary/aromatic N) is 1. The lowest BCUT2D eigenvalue weighted by atomic mass is 9.92. The van der Waals surface area contributed by atoms with Crippen LogP contribution in [0.4, 0.5) is 0 Å². The summed E-state index contributed by atoms with van der Waals surface area (Å²) in [5.41, 5.74) is 0. The van der Waals surface area contributed by atoms with Gasteiger partial charge in [-0.1, -0.05) is 20.3 Å². The van der Waals surface area contributed by atoms with E-state index in [9.17, 15) is 54.9 Å². The van der Waals surface area contributed by atoms with Crippen LogP contribution in [-0.4, -0.2) is 191 Å². The first-order chi connectivity index (χ1) is 29.8. The normalized spacial score (nSPS) is 30.5. The van der Waals surface area contributed by atoms with E-state index < -0.39 is 80.3 Å². The molecule has 0 saturated carbocycles. The second-order valence-corrected chi connectivity index (χ2v) is 16.8. The molecule has 62 heavy (non-hydrogen) atoms. The van der Waals surface area contributed by atoms with Crippen molar-refractivity contribution in [3.05, 3.63) is 0 Å². The first kappa shape index (κ1) is 53.7. The van der Waals surface area contributed by atoms with E-state index in [4.69, 9.17) is 23.7 Å². The fourth-order valence-corrected chi connectivity index (χ4v) is 7.90. The number of carbonyl (C=O) groups is 4. The summed E-state index contributed by atoms with van der Waals surface area (Å²) in [5, 5.41) is 77.6. The first-order valence-corrected chi connectivity index (χ1v) is 22.5. The van der Waals surface area contributed by atoms with E-state index in [1.165, 1.54) is 0 Å². The third-order valence-electron chi connectivity index (χ3n) is 12.0. The molecule has 10 unspecified atom stereocenters. The molecule has 0 aromatic carbocycles. The van der Waals surface area contributed by atoms with E-state index in [0.717, 1.165) is 0 Å². The van der Waals surface area contributed by atoms with Gasteiger partial charge in [0.1, 0.15) is 30.5 Å². The zero-order valence-corrected chi connectivity index (χ0v) is 36.8. The number of amides is 4. The molecule has 3 rings (SSSR count). The number of likely N-dealkylation sites (tertiary alicyclic amines) is 1. The summed E-state index contributed by atoms with van der Waals surface area (Å²) in [4.78, 5) is 53.2. The Morgan fingerprint density at radius 1 is 0.661 bits per heavy atom. The van der Waals surface area contributed by atoms with E-state index >= 15 is 0 Å². The molecule has 3 aliphatic heterocycles. The predicted octanol–water partition coefficient (Wildman–Crippen LogP) is -1.43. The smallest absolute Gasteiger partial charge is 0.242 e. The summed E-state index contributed by atoms with van der Waals surface area (Å²) in [6, 6.07) is -1.04. The highest BCUT2D eigenvalue weighted by atomic mass is 16.7. The molecule has 0 aliphatic carbocycles. The Labute approximate surface area is 365 Å². The number of aliphatic hydroxyl groups is 7. The minimum absolute atomic E-state index is 0.0306. The molecule has 0 aromatic rings. The van der Waals surface area contributed by atoms with Crippen LogP contribution in [0.2, 0.25) is 0 Å². The maximum absolute atomic E-state index is 13.3. The minimum atomic E-state index is -1.23. The van der Waals surface area contributed by atoms with Crippen molar-refractivity contribution < 1.29 is 78.6 Å². The minimum Gasteiger partial charge on any atom is -0.394 e. The zero-order chi connectivity index (χ0) is 45.6. The van der Waals surface area contributed by atoms with Gasteiger partial charge in [0, 0.05) is 71.1 Å². The largest absolute Gasteiger partial charge is 0.394 e. The molecular formula is C42H76N4O16. The van der Waals surface area contributed by atoms with E-state index in [-0.39, 0.29) is 68.4 Å². The standard InChI is InChI=1S/C42H76N4O16/c1-26-36(53)38(55)31(24-48)61-41(26)59-19-11-7-14-33(50)43-17-10-6-13-30(40(57)44-18-9-4-5-16-35(52)46-22-29(58-3)21-28(46)23-47)45-34(51)15-8-12-20-60-42-27(2)37(54)39(56)32(25-49)62-42/h26-32,36-39,41-42,47-49,53-56H,4-25H2,1-3H3,(H,43,50)(H,44,57)(H,45,51)/t26?,27?,28-,29+,30-,31?,32?,36?,37?,38?,39?,41?,42?/m0/s1. The third kappa shape index (κ3) is 17.4. The summed E-state index contributed by atoms with van der Waals surface area (Å²) in [5.74, 6) is -1.84. The molecule has 3 aliphatic rings. The Balaban J connectivity index is 1.37. The zero-order valence-electron chi connectivity index (χ0n) is 36.8. The summed E-state index contributed by atoms with van der Waals surface area (Å²) in [6.45, 7) is 4.01.